The van der Waals surface area contributed by atoms with Gasteiger partial charge in [0.1, 0.15) is 16.3 Å². The summed E-state index contributed by atoms with van der Waals surface area (Å²) in [7, 11) is 3.42. The minimum absolute atomic E-state index is 0.00969. The van der Waals surface area contributed by atoms with Crippen molar-refractivity contribution < 1.29 is 9.21 Å². The lowest BCUT2D eigenvalue weighted by atomic mass is 10.2. The number of fused-ring (bicyclic) bond motifs is 3. The Kier molecular flexibility index (Phi) is 4.08. The van der Waals surface area contributed by atoms with Crippen molar-refractivity contribution in [3.8, 4) is 0 Å². The van der Waals surface area contributed by atoms with E-state index in [9.17, 15) is 9.59 Å². The van der Waals surface area contributed by atoms with Crippen LogP contribution in [0.25, 0.3) is 16.0 Å². The Labute approximate surface area is 152 Å². The first kappa shape index (κ1) is 16.5. The number of aryl methyl sites for hydroxylation is 2. The Morgan fingerprint density at radius 2 is 2.19 bits per heavy atom. The number of carbonyl (C=O) groups is 1. The zero-order valence-electron chi connectivity index (χ0n) is 14.4. The second kappa shape index (κ2) is 6.41. The average molecular weight is 371 g/mol. The van der Waals surface area contributed by atoms with E-state index in [1.807, 2.05) is 21.9 Å². The number of carbonyl (C=O) groups excluding carboxylic acids is 1. The van der Waals surface area contributed by atoms with Gasteiger partial charge in [-0.2, -0.15) is 0 Å². The molecule has 0 fully saturated rings. The van der Waals surface area contributed by atoms with E-state index in [0.717, 1.165) is 11.3 Å². The zero-order valence-corrected chi connectivity index (χ0v) is 15.2. The van der Waals surface area contributed by atoms with Crippen LogP contribution in [0.5, 0.6) is 0 Å². The molecule has 0 bridgehead atoms. The Morgan fingerprint density at radius 1 is 1.35 bits per heavy atom. The zero-order chi connectivity index (χ0) is 18.3. The maximum Gasteiger partial charge on any atom is 0.272 e. The van der Waals surface area contributed by atoms with Gasteiger partial charge in [0.25, 0.3) is 5.56 Å². The van der Waals surface area contributed by atoms with Crippen LogP contribution < -0.4 is 5.56 Å². The molecule has 4 aromatic heterocycles. The molecule has 0 saturated carbocycles. The van der Waals surface area contributed by atoms with Crippen molar-refractivity contribution in [1.82, 2.24) is 24.1 Å². The molecule has 0 radical (unpaired) electrons. The molecule has 0 unspecified atom stereocenters. The molecular formula is C17H17N5O3S. The summed E-state index contributed by atoms with van der Waals surface area (Å²) in [5.74, 6) is 1.87. The number of hydrogen-bond donors (Lipinski definition) is 0. The number of aromatic nitrogens is 4. The van der Waals surface area contributed by atoms with Crippen molar-refractivity contribution in [1.29, 1.82) is 0 Å². The largest absolute Gasteiger partial charge is 0.467 e. The monoisotopic (exact) mass is 371 g/mol. The minimum Gasteiger partial charge on any atom is -0.467 e. The van der Waals surface area contributed by atoms with Crippen molar-refractivity contribution >= 4 is 33.2 Å². The summed E-state index contributed by atoms with van der Waals surface area (Å²) in [6, 6.07) is 5.52. The summed E-state index contributed by atoms with van der Waals surface area (Å²) < 4.78 is 9.27. The predicted molar refractivity (Wildman–Crippen MR) is 97.1 cm³/mol. The normalized spacial score (nSPS) is 11.5. The van der Waals surface area contributed by atoms with Crippen LogP contribution in [0.3, 0.4) is 0 Å². The van der Waals surface area contributed by atoms with E-state index >= 15 is 0 Å². The molecule has 9 heteroatoms. The molecule has 0 saturated heterocycles. The van der Waals surface area contributed by atoms with Crippen molar-refractivity contribution in [2.75, 3.05) is 7.05 Å². The molecule has 0 atom stereocenters. The van der Waals surface area contributed by atoms with Crippen LogP contribution in [-0.2, 0) is 24.8 Å². The third-order valence-electron chi connectivity index (χ3n) is 4.36. The van der Waals surface area contributed by atoms with E-state index < -0.39 is 0 Å². The Hall–Kier alpha value is -2.94. The van der Waals surface area contributed by atoms with Gasteiger partial charge in [-0.25, -0.2) is 0 Å². The third kappa shape index (κ3) is 2.70. The molecular weight excluding hydrogens is 354 g/mol. The average Bonchev–Trinajstić information content (AvgIpc) is 3.36. The first-order valence-electron chi connectivity index (χ1n) is 8.13. The van der Waals surface area contributed by atoms with E-state index in [0.29, 0.717) is 35.7 Å². The van der Waals surface area contributed by atoms with Crippen LogP contribution in [0.4, 0.5) is 0 Å². The second-order valence-corrected chi connectivity index (χ2v) is 7.00. The van der Waals surface area contributed by atoms with Gasteiger partial charge < -0.3 is 9.32 Å². The predicted octanol–water partition coefficient (Wildman–Crippen LogP) is 1.83. The van der Waals surface area contributed by atoms with E-state index in [1.165, 1.54) is 15.9 Å². The lowest BCUT2D eigenvalue weighted by Gasteiger charge is -2.15. The first-order chi connectivity index (χ1) is 12.6. The molecule has 0 aliphatic heterocycles. The SMILES string of the molecule is CN(Cc1ccco1)C(=O)CCc1nnc2n(C)c(=O)c3sccc3n12. The Bertz CT molecular complexity index is 1140. The van der Waals surface area contributed by atoms with E-state index in [-0.39, 0.29) is 11.5 Å². The van der Waals surface area contributed by atoms with Crippen LogP contribution in [-0.4, -0.2) is 37.0 Å². The number of amides is 1. The summed E-state index contributed by atoms with van der Waals surface area (Å²) in [6.07, 6.45) is 2.32. The van der Waals surface area contributed by atoms with Gasteiger partial charge in [-0.15, -0.1) is 21.5 Å². The van der Waals surface area contributed by atoms with Gasteiger partial charge in [-0.1, -0.05) is 0 Å². The maximum atomic E-state index is 12.4. The fourth-order valence-corrected chi connectivity index (χ4v) is 3.80. The van der Waals surface area contributed by atoms with E-state index in [4.69, 9.17) is 4.42 Å². The van der Waals surface area contributed by atoms with E-state index in [2.05, 4.69) is 10.2 Å². The Morgan fingerprint density at radius 3 is 2.96 bits per heavy atom. The highest BCUT2D eigenvalue weighted by molar-refractivity contribution is 7.17. The molecule has 4 heterocycles. The fourth-order valence-electron chi connectivity index (χ4n) is 2.95. The van der Waals surface area contributed by atoms with Crippen LogP contribution in [0.15, 0.2) is 39.1 Å². The van der Waals surface area contributed by atoms with Crippen molar-refractivity contribution in [3.05, 3.63) is 51.8 Å². The van der Waals surface area contributed by atoms with Crippen LogP contribution >= 0.6 is 11.3 Å². The fraction of sp³-hybridized carbons (Fsp3) is 0.294. The molecule has 4 rings (SSSR count). The summed E-state index contributed by atoms with van der Waals surface area (Å²) >= 11 is 1.39. The van der Waals surface area contributed by atoms with Crippen LogP contribution in [0, 0.1) is 0 Å². The van der Waals surface area contributed by atoms with Gasteiger partial charge in [-0.3, -0.25) is 18.6 Å². The molecule has 0 aliphatic rings. The maximum absolute atomic E-state index is 12.4. The van der Waals surface area contributed by atoms with Crippen LogP contribution in [0.1, 0.15) is 18.0 Å². The number of hydrogen-bond acceptors (Lipinski definition) is 6. The number of furan rings is 1. The lowest BCUT2D eigenvalue weighted by molar-refractivity contribution is -0.130. The minimum atomic E-state index is -0.0873. The first-order valence-corrected chi connectivity index (χ1v) is 9.01. The molecule has 0 spiro atoms. The quantitative estimate of drug-likeness (QED) is 0.534. The molecule has 26 heavy (non-hydrogen) atoms. The number of nitrogens with zero attached hydrogens (tertiary/aromatic N) is 5. The highest BCUT2D eigenvalue weighted by atomic mass is 32.1. The summed E-state index contributed by atoms with van der Waals surface area (Å²) in [4.78, 5) is 26.4. The second-order valence-electron chi connectivity index (χ2n) is 6.08. The summed E-state index contributed by atoms with van der Waals surface area (Å²) in [5.41, 5.74) is 0.695. The van der Waals surface area contributed by atoms with Crippen molar-refractivity contribution in [2.24, 2.45) is 7.05 Å². The van der Waals surface area contributed by atoms with Crippen LogP contribution in [0.2, 0.25) is 0 Å². The van der Waals surface area contributed by atoms with Gasteiger partial charge in [0, 0.05) is 26.9 Å². The smallest absolute Gasteiger partial charge is 0.272 e. The molecule has 1 amide bonds. The molecule has 8 nitrogen and oxygen atoms in total. The Balaban J connectivity index is 1.58. The molecule has 0 aliphatic carbocycles. The van der Waals surface area contributed by atoms with E-state index in [1.54, 1.807) is 31.3 Å². The molecule has 0 aromatic carbocycles. The van der Waals surface area contributed by atoms with Gasteiger partial charge in [0.2, 0.25) is 11.7 Å². The number of rotatable bonds is 5. The van der Waals surface area contributed by atoms with Crippen molar-refractivity contribution in [2.45, 2.75) is 19.4 Å². The lowest BCUT2D eigenvalue weighted by Crippen LogP contribution is -2.26. The molecule has 0 N–H and O–H groups in total. The highest BCUT2D eigenvalue weighted by Crippen LogP contribution is 2.19. The topological polar surface area (TPSA) is 85.6 Å². The van der Waals surface area contributed by atoms with Gasteiger partial charge in [0.05, 0.1) is 18.3 Å². The van der Waals surface area contributed by atoms with Gasteiger partial charge in [0.15, 0.2) is 0 Å². The van der Waals surface area contributed by atoms with Gasteiger partial charge >= 0.3 is 0 Å². The highest BCUT2D eigenvalue weighted by Gasteiger charge is 2.17. The van der Waals surface area contributed by atoms with Crippen molar-refractivity contribution in [3.63, 3.8) is 0 Å². The van der Waals surface area contributed by atoms with Gasteiger partial charge in [-0.05, 0) is 23.6 Å². The molecule has 4 aromatic rings. The molecule has 134 valence electrons. The summed E-state index contributed by atoms with van der Waals surface area (Å²) in [5, 5.41) is 10.2. The number of thiophene rings is 1. The standard InChI is InChI=1S/C17H17N5O3S/c1-20(10-11-4-3-8-25-11)14(23)6-5-13-18-19-17-21(2)16(24)15-12(22(13)17)7-9-26-15/h3-4,7-9H,5-6,10H2,1-2H3. The third-order valence-corrected chi connectivity index (χ3v) is 5.25. The summed E-state index contributed by atoms with van der Waals surface area (Å²) in [6.45, 7) is 0.426.